The predicted molar refractivity (Wildman–Crippen MR) is 108 cm³/mol. The maximum absolute atomic E-state index is 12.5. The Bertz CT molecular complexity index is 1110. The molecule has 2 heterocycles. The first-order chi connectivity index (χ1) is 13.2. The van der Waals surface area contributed by atoms with Crippen LogP contribution in [0.3, 0.4) is 0 Å². The molecular weight excluding hydrogens is 400 g/mol. The second kappa shape index (κ2) is 7.78. The van der Waals surface area contributed by atoms with Crippen molar-refractivity contribution in [2.45, 2.75) is 26.3 Å². The van der Waals surface area contributed by atoms with Crippen LogP contribution < -0.4 is 5.32 Å². The average Bonchev–Trinajstić information content (AvgIpc) is 3.14. The fourth-order valence-electron chi connectivity index (χ4n) is 3.10. The van der Waals surface area contributed by atoms with Crippen molar-refractivity contribution in [3.05, 3.63) is 51.8 Å². The molecule has 1 aliphatic heterocycles. The van der Waals surface area contributed by atoms with E-state index >= 15 is 0 Å². The van der Waals surface area contributed by atoms with Gasteiger partial charge in [-0.25, -0.2) is 13.1 Å². The minimum atomic E-state index is -3.10. The zero-order valence-corrected chi connectivity index (χ0v) is 17.0. The third kappa shape index (κ3) is 4.11. The molecule has 0 bridgehead atoms. The highest BCUT2D eigenvalue weighted by molar-refractivity contribution is 7.91. The van der Waals surface area contributed by atoms with Crippen LogP contribution in [0.4, 0.5) is 5.69 Å². The summed E-state index contributed by atoms with van der Waals surface area (Å²) in [6, 6.07) is 8.80. The van der Waals surface area contributed by atoms with Crippen molar-refractivity contribution in [3.8, 4) is 6.07 Å². The molecule has 28 heavy (non-hydrogen) atoms. The van der Waals surface area contributed by atoms with Gasteiger partial charge in [0.25, 0.3) is 5.91 Å². The van der Waals surface area contributed by atoms with Gasteiger partial charge in [0, 0.05) is 11.3 Å². The highest BCUT2D eigenvalue weighted by Crippen LogP contribution is 2.31. The quantitative estimate of drug-likeness (QED) is 0.606. The van der Waals surface area contributed by atoms with Crippen LogP contribution >= 0.6 is 11.6 Å². The molecule has 9 heteroatoms. The fraction of sp³-hybridized carbons (Fsp3) is 0.316. The van der Waals surface area contributed by atoms with Gasteiger partial charge in [-0.1, -0.05) is 29.8 Å². The molecule has 3 rings (SSSR count). The van der Waals surface area contributed by atoms with Crippen molar-refractivity contribution >= 4 is 39.1 Å². The number of carbonyl (C=O) groups is 1. The van der Waals surface area contributed by atoms with Crippen LogP contribution in [-0.2, 0) is 14.6 Å². The number of para-hydroxylation sites is 1. The summed E-state index contributed by atoms with van der Waals surface area (Å²) >= 11 is 6.41. The first-order valence-electron chi connectivity index (χ1n) is 8.65. The molecule has 0 unspecified atom stereocenters. The van der Waals surface area contributed by atoms with Gasteiger partial charge in [-0.3, -0.25) is 4.79 Å². The van der Waals surface area contributed by atoms with E-state index < -0.39 is 15.7 Å². The Labute approximate surface area is 168 Å². The van der Waals surface area contributed by atoms with E-state index in [0.29, 0.717) is 23.4 Å². The maximum atomic E-state index is 12.5. The second-order valence-corrected chi connectivity index (χ2v) is 9.32. The molecule has 1 amide bonds. The maximum Gasteiger partial charge on any atom is 0.266 e. The lowest BCUT2D eigenvalue weighted by molar-refractivity contribution is -0.112. The monoisotopic (exact) mass is 418 g/mol. The van der Waals surface area contributed by atoms with Crippen molar-refractivity contribution in [1.29, 1.82) is 5.26 Å². The number of amides is 1. The molecule has 146 valence electrons. The Kier molecular flexibility index (Phi) is 5.59. The van der Waals surface area contributed by atoms with Crippen molar-refractivity contribution in [2.24, 2.45) is 0 Å². The normalized spacial score (nSPS) is 18.6. The Hall–Kier alpha value is -2.63. The Morgan fingerprint density at radius 3 is 2.71 bits per heavy atom. The number of carbonyl (C=O) groups excluding carboxylic acids is 1. The molecule has 1 saturated heterocycles. The first kappa shape index (κ1) is 20.1. The molecule has 1 aromatic heterocycles. The molecule has 0 radical (unpaired) electrons. The topological polar surface area (TPSA) is 105 Å². The van der Waals surface area contributed by atoms with Gasteiger partial charge in [-0.05, 0) is 38.0 Å². The van der Waals surface area contributed by atoms with Crippen molar-refractivity contribution in [1.82, 2.24) is 9.78 Å². The first-order valence-corrected chi connectivity index (χ1v) is 10.9. The van der Waals surface area contributed by atoms with E-state index in [-0.39, 0.29) is 28.3 Å². The standard InChI is InChI=1S/C19H19ClN4O3S/c1-12-5-3-4-6-17(12)22-19(25)14(10-21)9-16-13(2)23-24(18(16)20)15-7-8-28(26,27)11-15/h3-6,9,15H,7-8,11H2,1-2H3,(H,22,25)/b14-9+/t15-/m0/s1. The van der Waals surface area contributed by atoms with Gasteiger partial charge in [-0.2, -0.15) is 10.4 Å². The summed E-state index contributed by atoms with van der Waals surface area (Å²) in [6.07, 6.45) is 1.82. The number of hydrogen-bond donors (Lipinski definition) is 1. The largest absolute Gasteiger partial charge is 0.321 e. The van der Waals surface area contributed by atoms with Gasteiger partial charge < -0.3 is 5.32 Å². The zero-order valence-electron chi connectivity index (χ0n) is 15.4. The van der Waals surface area contributed by atoms with E-state index in [2.05, 4.69) is 10.4 Å². The number of rotatable bonds is 4. The molecular formula is C19H19ClN4O3S. The third-order valence-corrected chi connectivity index (χ3v) is 6.80. The van der Waals surface area contributed by atoms with E-state index in [1.165, 1.54) is 10.8 Å². The van der Waals surface area contributed by atoms with E-state index in [1.54, 1.807) is 19.1 Å². The lowest BCUT2D eigenvalue weighted by Crippen LogP contribution is -2.14. The number of aryl methyl sites for hydroxylation is 2. The molecule has 2 aromatic rings. The molecule has 7 nitrogen and oxygen atoms in total. The highest BCUT2D eigenvalue weighted by Gasteiger charge is 2.32. The second-order valence-electron chi connectivity index (χ2n) is 6.73. The summed E-state index contributed by atoms with van der Waals surface area (Å²) < 4.78 is 25.0. The van der Waals surface area contributed by atoms with Crippen LogP contribution in [0.25, 0.3) is 6.08 Å². The summed E-state index contributed by atoms with van der Waals surface area (Å²) in [7, 11) is -3.10. The number of nitrogens with zero attached hydrogens (tertiary/aromatic N) is 3. The van der Waals surface area contributed by atoms with Gasteiger partial charge in [-0.15, -0.1) is 0 Å². The summed E-state index contributed by atoms with van der Waals surface area (Å²) in [5.41, 5.74) is 2.32. The van der Waals surface area contributed by atoms with Gasteiger partial charge >= 0.3 is 0 Å². The summed E-state index contributed by atoms with van der Waals surface area (Å²) in [5, 5.41) is 16.7. The summed E-state index contributed by atoms with van der Waals surface area (Å²) in [4.78, 5) is 12.5. The highest BCUT2D eigenvalue weighted by atomic mass is 35.5. The number of sulfone groups is 1. The lowest BCUT2D eigenvalue weighted by Gasteiger charge is -2.09. The minimum Gasteiger partial charge on any atom is -0.321 e. The zero-order chi connectivity index (χ0) is 20.5. The van der Waals surface area contributed by atoms with E-state index in [4.69, 9.17) is 11.6 Å². The number of aromatic nitrogens is 2. The Morgan fingerprint density at radius 2 is 2.11 bits per heavy atom. The Balaban J connectivity index is 1.90. The summed E-state index contributed by atoms with van der Waals surface area (Å²) in [6.45, 7) is 3.55. The van der Waals surface area contributed by atoms with Gasteiger partial charge in [0.2, 0.25) is 0 Å². The van der Waals surface area contributed by atoms with Gasteiger partial charge in [0.1, 0.15) is 16.8 Å². The predicted octanol–water partition coefficient (Wildman–Crippen LogP) is 3.06. The van der Waals surface area contributed by atoms with Crippen LogP contribution in [0.5, 0.6) is 0 Å². The van der Waals surface area contributed by atoms with Crippen molar-refractivity contribution in [2.75, 3.05) is 16.8 Å². The van der Waals surface area contributed by atoms with E-state index in [0.717, 1.165) is 5.56 Å². The summed E-state index contributed by atoms with van der Waals surface area (Å²) in [5.74, 6) is -0.473. The Morgan fingerprint density at radius 1 is 1.39 bits per heavy atom. The number of anilines is 1. The van der Waals surface area contributed by atoms with E-state index in [9.17, 15) is 18.5 Å². The van der Waals surface area contributed by atoms with Crippen molar-refractivity contribution in [3.63, 3.8) is 0 Å². The smallest absolute Gasteiger partial charge is 0.266 e. The SMILES string of the molecule is Cc1ccccc1NC(=O)/C(C#N)=C/c1c(C)nn([C@H]2CCS(=O)(=O)C2)c1Cl. The van der Waals surface area contributed by atoms with Crippen LogP contribution in [-0.4, -0.2) is 35.6 Å². The van der Waals surface area contributed by atoms with Crippen LogP contribution in [0.1, 0.15) is 29.3 Å². The van der Waals surface area contributed by atoms with Crippen LogP contribution in [0, 0.1) is 25.2 Å². The number of benzene rings is 1. The molecule has 1 atom stereocenters. The molecule has 1 aliphatic rings. The number of nitrogens with one attached hydrogen (secondary N) is 1. The van der Waals surface area contributed by atoms with Gasteiger partial charge in [0.15, 0.2) is 9.84 Å². The average molecular weight is 419 g/mol. The number of halogens is 1. The van der Waals surface area contributed by atoms with E-state index in [1.807, 2.05) is 25.1 Å². The third-order valence-electron chi connectivity index (χ3n) is 4.67. The molecule has 0 spiro atoms. The molecule has 0 aliphatic carbocycles. The molecule has 1 N–H and O–H groups in total. The van der Waals surface area contributed by atoms with Crippen molar-refractivity contribution < 1.29 is 13.2 Å². The number of hydrogen-bond acceptors (Lipinski definition) is 5. The fourth-order valence-corrected chi connectivity index (χ4v) is 5.16. The molecule has 0 saturated carbocycles. The minimum absolute atomic E-state index is 0.0180. The van der Waals surface area contributed by atoms with Crippen LogP contribution in [0.2, 0.25) is 5.15 Å². The molecule has 1 fully saturated rings. The lowest BCUT2D eigenvalue weighted by atomic mass is 10.1. The van der Waals surface area contributed by atoms with Crippen LogP contribution in [0.15, 0.2) is 29.8 Å². The molecule has 1 aromatic carbocycles. The number of nitriles is 1. The van der Waals surface area contributed by atoms with Gasteiger partial charge in [0.05, 0.1) is 23.2 Å².